The maximum absolute atomic E-state index is 10.8. The lowest BCUT2D eigenvalue weighted by molar-refractivity contribution is -0.0111. The fourth-order valence-corrected chi connectivity index (χ4v) is 5.64. The van der Waals surface area contributed by atoms with Crippen LogP contribution in [0.25, 0.3) is 0 Å². The molecule has 0 aromatic heterocycles. The van der Waals surface area contributed by atoms with Crippen LogP contribution in [0, 0.1) is 23.7 Å². The molecule has 0 radical (unpaired) electrons. The molecular formula is C22H43NO. The monoisotopic (exact) mass is 337 g/mol. The first-order chi connectivity index (χ1) is 11.4. The normalized spacial score (nSPS) is 31.1. The zero-order valence-corrected chi connectivity index (χ0v) is 17.0. The van der Waals surface area contributed by atoms with Crippen LogP contribution in [0.4, 0.5) is 0 Å². The average Bonchev–Trinajstić information content (AvgIpc) is 2.54. The number of aliphatic hydroxyl groups excluding tert-OH is 1. The summed E-state index contributed by atoms with van der Waals surface area (Å²) in [5.41, 5.74) is 0. The van der Waals surface area contributed by atoms with Gasteiger partial charge in [-0.15, -0.1) is 0 Å². The second-order valence-corrected chi connectivity index (χ2v) is 9.43. The topological polar surface area (TPSA) is 23.5 Å². The number of hydrogen-bond acceptors (Lipinski definition) is 2. The van der Waals surface area contributed by atoms with E-state index in [1.54, 1.807) is 0 Å². The summed E-state index contributed by atoms with van der Waals surface area (Å²) < 4.78 is 0. The van der Waals surface area contributed by atoms with Crippen molar-refractivity contribution < 1.29 is 5.11 Å². The molecule has 0 aliphatic heterocycles. The van der Waals surface area contributed by atoms with Gasteiger partial charge in [-0.1, -0.05) is 39.0 Å². The summed E-state index contributed by atoms with van der Waals surface area (Å²) in [4.78, 5) is 2.65. The van der Waals surface area contributed by atoms with Gasteiger partial charge in [0.05, 0.1) is 6.10 Å². The third kappa shape index (κ3) is 5.46. The van der Waals surface area contributed by atoms with Crippen LogP contribution in [0.15, 0.2) is 0 Å². The van der Waals surface area contributed by atoms with Gasteiger partial charge < -0.3 is 5.11 Å². The summed E-state index contributed by atoms with van der Waals surface area (Å²) in [7, 11) is 0. The molecule has 2 aliphatic carbocycles. The first kappa shape index (κ1) is 20.2. The van der Waals surface area contributed by atoms with Gasteiger partial charge in [-0.25, -0.2) is 0 Å². The maximum atomic E-state index is 10.8. The molecule has 3 unspecified atom stereocenters. The van der Waals surface area contributed by atoms with Gasteiger partial charge in [-0.05, 0) is 83.6 Å². The second kappa shape index (κ2) is 9.57. The largest absolute Gasteiger partial charge is 0.393 e. The van der Waals surface area contributed by atoms with Crippen LogP contribution in [0.2, 0.25) is 0 Å². The fraction of sp³-hybridized carbons (Fsp3) is 1.00. The third-order valence-corrected chi connectivity index (χ3v) is 6.98. The highest BCUT2D eigenvalue weighted by Gasteiger charge is 2.37. The molecule has 24 heavy (non-hydrogen) atoms. The Labute approximate surface area is 151 Å². The van der Waals surface area contributed by atoms with Crippen molar-refractivity contribution in [3.63, 3.8) is 0 Å². The van der Waals surface area contributed by atoms with Gasteiger partial charge in [0, 0.05) is 12.1 Å². The summed E-state index contributed by atoms with van der Waals surface area (Å²) in [6.45, 7) is 12.9. The molecule has 2 nitrogen and oxygen atoms in total. The minimum atomic E-state index is -0.0420. The minimum absolute atomic E-state index is 0.0420. The van der Waals surface area contributed by atoms with E-state index in [0.29, 0.717) is 18.0 Å². The minimum Gasteiger partial charge on any atom is -0.393 e. The molecule has 0 heterocycles. The molecule has 0 spiro atoms. The molecule has 2 rings (SSSR count). The van der Waals surface area contributed by atoms with Crippen LogP contribution < -0.4 is 0 Å². The van der Waals surface area contributed by atoms with Crippen molar-refractivity contribution in [2.45, 2.75) is 111 Å². The molecule has 2 saturated carbocycles. The molecule has 2 heteroatoms. The number of nitrogens with zero attached hydrogens (tertiary/aromatic N) is 1. The Bertz CT molecular complexity index is 340. The Morgan fingerprint density at radius 1 is 0.917 bits per heavy atom. The van der Waals surface area contributed by atoms with E-state index in [0.717, 1.165) is 24.2 Å². The van der Waals surface area contributed by atoms with E-state index in [-0.39, 0.29) is 6.10 Å². The quantitative estimate of drug-likeness (QED) is 0.664. The first-order valence-corrected chi connectivity index (χ1v) is 10.8. The van der Waals surface area contributed by atoms with E-state index in [1.165, 1.54) is 57.9 Å². The summed E-state index contributed by atoms with van der Waals surface area (Å²) >= 11 is 0. The molecular weight excluding hydrogens is 294 g/mol. The predicted molar refractivity (Wildman–Crippen MR) is 104 cm³/mol. The zero-order valence-electron chi connectivity index (χ0n) is 17.0. The summed E-state index contributed by atoms with van der Waals surface area (Å²) in [6, 6.07) is 1.24. The van der Waals surface area contributed by atoms with Gasteiger partial charge in [0.25, 0.3) is 0 Å². The van der Waals surface area contributed by atoms with E-state index in [9.17, 15) is 5.11 Å². The van der Waals surface area contributed by atoms with E-state index in [4.69, 9.17) is 0 Å². The Hall–Kier alpha value is -0.0800. The van der Waals surface area contributed by atoms with Crippen LogP contribution in [0.1, 0.15) is 92.4 Å². The molecule has 0 aromatic rings. The molecule has 0 bridgehead atoms. The second-order valence-electron chi connectivity index (χ2n) is 9.43. The fourth-order valence-electron chi connectivity index (χ4n) is 5.64. The van der Waals surface area contributed by atoms with E-state index < -0.39 is 0 Å². The van der Waals surface area contributed by atoms with Crippen molar-refractivity contribution in [2.24, 2.45) is 23.7 Å². The van der Waals surface area contributed by atoms with Gasteiger partial charge >= 0.3 is 0 Å². The van der Waals surface area contributed by atoms with E-state index in [2.05, 4.69) is 39.5 Å². The highest BCUT2D eigenvalue weighted by atomic mass is 16.3. The van der Waals surface area contributed by atoms with Gasteiger partial charge in [-0.2, -0.15) is 0 Å². The van der Waals surface area contributed by atoms with E-state index >= 15 is 0 Å². The molecule has 0 amide bonds. The van der Waals surface area contributed by atoms with Gasteiger partial charge in [0.2, 0.25) is 0 Å². The predicted octanol–water partition coefficient (Wildman–Crippen LogP) is 5.49. The van der Waals surface area contributed by atoms with Crippen LogP contribution in [0.5, 0.6) is 0 Å². The first-order valence-electron chi connectivity index (χ1n) is 10.8. The smallest absolute Gasteiger partial charge is 0.0571 e. The SMILES string of the molecule is CC1CCC(O)C([C@H](CCN(C(C)C)C(C)C)C2CCCCC2)C1. The van der Waals surface area contributed by atoms with Crippen molar-refractivity contribution in [1.82, 2.24) is 4.90 Å². The average molecular weight is 338 g/mol. The molecule has 0 saturated heterocycles. The third-order valence-electron chi connectivity index (χ3n) is 6.98. The van der Waals surface area contributed by atoms with Gasteiger partial charge in [0.15, 0.2) is 0 Å². The highest BCUT2D eigenvalue weighted by Crippen LogP contribution is 2.43. The van der Waals surface area contributed by atoms with Crippen LogP contribution >= 0.6 is 0 Å². The standard InChI is InChI=1S/C22H43NO/c1-16(2)23(17(3)4)14-13-20(19-9-7-6-8-10-19)21-15-18(5)11-12-22(21)24/h16-22,24H,6-15H2,1-5H3/t18?,20-,21?,22?/m1/s1. The van der Waals surface area contributed by atoms with E-state index in [1.807, 2.05) is 0 Å². The number of hydrogen-bond donors (Lipinski definition) is 1. The lowest BCUT2D eigenvalue weighted by atomic mass is 9.65. The number of rotatable bonds is 7. The lowest BCUT2D eigenvalue weighted by Crippen LogP contribution is -2.42. The van der Waals surface area contributed by atoms with Crippen LogP contribution in [-0.4, -0.2) is 34.7 Å². The molecule has 0 aromatic carbocycles. The highest BCUT2D eigenvalue weighted by molar-refractivity contribution is 4.88. The van der Waals surface area contributed by atoms with Crippen molar-refractivity contribution in [3.05, 3.63) is 0 Å². The molecule has 2 aliphatic rings. The molecule has 142 valence electrons. The van der Waals surface area contributed by atoms with Crippen molar-refractivity contribution in [1.29, 1.82) is 0 Å². The van der Waals surface area contributed by atoms with Crippen molar-refractivity contribution >= 4 is 0 Å². The Balaban J connectivity index is 2.07. The van der Waals surface area contributed by atoms with Crippen LogP contribution in [0.3, 0.4) is 0 Å². The maximum Gasteiger partial charge on any atom is 0.0571 e. The summed E-state index contributed by atoms with van der Waals surface area (Å²) in [5, 5.41) is 10.8. The zero-order chi connectivity index (χ0) is 17.7. The van der Waals surface area contributed by atoms with Crippen molar-refractivity contribution in [3.8, 4) is 0 Å². The Kier molecular flexibility index (Phi) is 8.07. The van der Waals surface area contributed by atoms with Gasteiger partial charge in [-0.3, -0.25) is 4.90 Å². The lowest BCUT2D eigenvalue weighted by Gasteiger charge is -2.43. The molecule has 2 fully saturated rings. The number of aliphatic hydroxyl groups is 1. The van der Waals surface area contributed by atoms with Crippen molar-refractivity contribution in [2.75, 3.05) is 6.54 Å². The molecule has 1 N–H and O–H groups in total. The summed E-state index contributed by atoms with van der Waals surface area (Å²) in [5.74, 6) is 2.96. The Morgan fingerprint density at radius 3 is 2.12 bits per heavy atom. The van der Waals surface area contributed by atoms with Gasteiger partial charge in [0.1, 0.15) is 0 Å². The summed E-state index contributed by atoms with van der Waals surface area (Å²) in [6.07, 6.45) is 11.8. The Morgan fingerprint density at radius 2 is 1.54 bits per heavy atom. The van der Waals surface area contributed by atoms with Crippen LogP contribution in [-0.2, 0) is 0 Å². The molecule has 4 atom stereocenters.